The van der Waals surface area contributed by atoms with Crippen molar-refractivity contribution < 1.29 is 4.39 Å². The standard InChI is InChI=1S/C18H13ClFN3/c1-2-23-17-9-4-3-8-16(17)22-18(23)12(11-21)10-13-14(19)6-5-7-15(13)20/h3-10H,2H2,1H3/b12-10-. The Bertz CT molecular complexity index is 930. The van der Waals surface area contributed by atoms with Gasteiger partial charge in [0.15, 0.2) is 5.82 Å². The molecule has 0 saturated carbocycles. The molecule has 0 atom stereocenters. The number of nitriles is 1. The molecule has 23 heavy (non-hydrogen) atoms. The van der Waals surface area contributed by atoms with Crippen molar-refractivity contribution in [3.05, 3.63) is 64.7 Å². The van der Waals surface area contributed by atoms with Gasteiger partial charge in [0.05, 0.1) is 21.6 Å². The summed E-state index contributed by atoms with van der Waals surface area (Å²) in [6.07, 6.45) is 1.45. The lowest BCUT2D eigenvalue weighted by molar-refractivity contribution is 0.625. The lowest BCUT2D eigenvalue weighted by Gasteiger charge is -2.06. The quantitative estimate of drug-likeness (QED) is 0.642. The van der Waals surface area contributed by atoms with Crippen molar-refractivity contribution in [3.63, 3.8) is 0 Å². The molecular formula is C18H13ClFN3. The molecule has 3 aromatic rings. The fourth-order valence-electron chi connectivity index (χ4n) is 2.54. The third-order valence-corrected chi connectivity index (χ3v) is 3.95. The summed E-state index contributed by atoms with van der Waals surface area (Å²) in [5.74, 6) is 0.0416. The molecule has 0 bridgehead atoms. The monoisotopic (exact) mass is 325 g/mol. The van der Waals surface area contributed by atoms with E-state index in [4.69, 9.17) is 11.6 Å². The number of hydrogen-bond donors (Lipinski definition) is 0. The zero-order valence-electron chi connectivity index (χ0n) is 12.4. The maximum absolute atomic E-state index is 14.0. The van der Waals surface area contributed by atoms with Crippen molar-refractivity contribution in [2.45, 2.75) is 13.5 Å². The number of aromatic nitrogens is 2. The topological polar surface area (TPSA) is 41.6 Å². The second-order valence-electron chi connectivity index (χ2n) is 4.97. The van der Waals surface area contributed by atoms with Crippen LogP contribution < -0.4 is 0 Å². The number of para-hydroxylation sites is 2. The molecule has 1 heterocycles. The molecule has 0 aliphatic carbocycles. The molecule has 0 aliphatic rings. The van der Waals surface area contributed by atoms with E-state index in [2.05, 4.69) is 11.1 Å². The molecule has 114 valence electrons. The Kier molecular flexibility index (Phi) is 4.14. The minimum atomic E-state index is -0.468. The molecular weight excluding hydrogens is 313 g/mol. The van der Waals surface area contributed by atoms with Gasteiger partial charge in [-0.05, 0) is 37.3 Å². The van der Waals surface area contributed by atoms with Crippen LogP contribution in [0.5, 0.6) is 0 Å². The number of imidazole rings is 1. The lowest BCUT2D eigenvalue weighted by Crippen LogP contribution is -2.00. The van der Waals surface area contributed by atoms with E-state index >= 15 is 0 Å². The van der Waals surface area contributed by atoms with E-state index in [-0.39, 0.29) is 16.2 Å². The van der Waals surface area contributed by atoms with E-state index < -0.39 is 5.82 Å². The zero-order chi connectivity index (χ0) is 16.4. The third kappa shape index (κ3) is 2.71. The number of benzene rings is 2. The highest BCUT2D eigenvalue weighted by Crippen LogP contribution is 2.27. The van der Waals surface area contributed by atoms with Gasteiger partial charge >= 0.3 is 0 Å². The number of hydrogen-bond acceptors (Lipinski definition) is 2. The second kappa shape index (κ2) is 6.23. The fraction of sp³-hybridized carbons (Fsp3) is 0.111. The molecule has 2 aromatic carbocycles. The van der Waals surface area contributed by atoms with Crippen LogP contribution in [-0.2, 0) is 6.54 Å². The first-order valence-electron chi connectivity index (χ1n) is 7.17. The van der Waals surface area contributed by atoms with E-state index in [1.807, 2.05) is 35.8 Å². The third-order valence-electron chi connectivity index (χ3n) is 3.62. The van der Waals surface area contributed by atoms with Crippen LogP contribution in [0.4, 0.5) is 4.39 Å². The molecule has 3 nitrogen and oxygen atoms in total. The van der Waals surface area contributed by atoms with Crippen molar-refractivity contribution in [1.82, 2.24) is 9.55 Å². The first-order valence-corrected chi connectivity index (χ1v) is 7.55. The Morgan fingerprint density at radius 2 is 2.09 bits per heavy atom. The molecule has 0 saturated heterocycles. The normalized spacial score (nSPS) is 11.7. The smallest absolute Gasteiger partial charge is 0.151 e. The zero-order valence-corrected chi connectivity index (χ0v) is 13.2. The Labute approximate surface area is 138 Å². The predicted octanol–water partition coefficient (Wildman–Crippen LogP) is 4.91. The van der Waals surface area contributed by atoms with Gasteiger partial charge in [-0.2, -0.15) is 5.26 Å². The Morgan fingerprint density at radius 3 is 2.78 bits per heavy atom. The average Bonchev–Trinajstić information content (AvgIpc) is 2.93. The van der Waals surface area contributed by atoms with Gasteiger partial charge in [0.2, 0.25) is 0 Å². The van der Waals surface area contributed by atoms with Crippen LogP contribution in [0.25, 0.3) is 22.7 Å². The Morgan fingerprint density at radius 1 is 1.30 bits per heavy atom. The largest absolute Gasteiger partial charge is 0.324 e. The highest BCUT2D eigenvalue weighted by atomic mass is 35.5. The summed E-state index contributed by atoms with van der Waals surface area (Å²) in [4.78, 5) is 4.52. The summed E-state index contributed by atoms with van der Waals surface area (Å²) in [6.45, 7) is 2.63. The van der Waals surface area contributed by atoms with Crippen molar-refractivity contribution in [2.75, 3.05) is 0 Å². The molecule has 0 aliphatic heterocycles. The maximum Gasteiger partial charge on any atom is 0.151 e. The maximum atomic E-state index is 14.0. The second-order valence-corrected chi connectivity index (χ2v) is 5.38. The summed E-state index contributed by atoms with van der Waals surface area (Å²) >= 11 is 6.05. The molecule has 0 spiro atoms. The van der Waals surface area contributed by atoms with Crippen molar-refractivity contribution in [2.24, 2.45) is 0 Å². The number of halogens is 2. The van der Waals surface area contributed by atoms with Crippen LogP contribution in [0.2, 0.25) is 5.02 Å². The van der Waals surface area contributed by atoms with E-state index in [1.54, 1.807) is 6.07 Å². The molecule has 0 unspecified atom stereocenters. The van der Waals surface area contributed by atoms with Gasteiger partial charge in [0, 0.05) is 12.1 Å². The van der Waals surface area contributed by atoms with E-state index in [0.717, 1.165) is 11.0 Å². The first kappa shape index (κ1) is 15.3. The van der Waals surface area contributed by atoms with Crippen molar-refractivity contribution in [3.8, 4) is 6.07 Å². The van der Waals surface area contributed by atoms with Crippen LogP contribution in [0.3, 0.4) is 0 Å². The van der Waals surface area contributed by atoms with Crippen molar-refractivity contribution >= 4 is 34.3 Å². The SMILES string of the molecule is CCn1c(/C(C#N)=C\c2c(F)cccc2Cl)nc2ccccc21. The highest BCUT2D eigenvalue weighted by molar-refractivity contribution is 6.32. The number of aryl methyl sites for hydroxylation is 1. The minimum Gasteiger partial charge on any atom is -0.324 e. The summed E-state index contributed by atoms with van der Waals surface area (Å²) in [5.41, 5.74) is 2.20. The summed E-state index contributed by atoms with van der Waals surface area (Å²) in [7, 11) is 0. The van der Waals surface area contributed by atoms with Gasteiger partial charge in [0.25, 0.3) is 0 Å². The van der Waals surface area contributed by atoms with Gasteiger partial charge in [0.1, 0.15) is 11.9 Å². The fourth-order valence-corrected chi connectivity index (χ4v) is 2.76. The summed E-state index contributed by atoms with van der Waals surface area (Å²) < 4.78 is 15.9. The summed E-state index contributed by atoms with van der Waals surface area (Å²) in [6, 6.07) is 14.2. The molecule has 0 radical (unpaired) electrons. The molecule has 0 N–H and O–H groups in total. The lowest BCUT2D eigenvalue weighted by atomic mass is 10.1. The number of rotatable bonds is 3. The molecule has 0 amide bonds. The van der Waals surface area contributed by atoms with Crippen LogP contribution >= 0.6 is 11.6 Å². The minimum absolute atomic E-state index is 0.195. The van der Waals surface area contributed by atoms with Gasteiger partial charge in [-0.1, -0.05) is 29.8 Å². The van der Waals surface area contributed by atoms with Gasteiger partial charge in [-0.3, -0.25) is 0 Å². The first-order chi connectivity index (χ1) is 11.2. The van der Waals surface area contributed by atoms with Crippen LogP contribution in [0, 0.1) is 17.1 Å². The van der Waals surface area contributed by atoms with E-state index in [9.17, 15) is 9.65 Å². The van der Waals surface area contributed by atoms with E-state index in [0.29, 0.717) is 12.4 Å². The molecule has 5 heteroatoms. The number of allylic oxidation sites excluding steroid dienone is 1. The highest BCUT2D eigenvalue weighted by Gasteiger charge is 2.15. The average molecular weight is 326 g/mol. The van der Waals surface area contributed by atoms with Crippen LogP contribution in [0.15, 0.2) is 42.5 Å². The Balaban J connectivity index is 2.23. The number of nitrogens with zero attached hydrogens (tertiary/aromatic N) is 3. The molecule has 3 rings (SSSR count). The molecule has 1 aromatic heterocycles. The van der Waals surface area contributed by atoms with Crippen molar-refractivity contribution in [1.29, 1.82) is 5.26 Å². The molecule has 0 fully saturated rings. The summed E-state index contributed by atoms with van der Waals surface area (Å²) in [5, 5.41) is 9.79. The van der Waals surface area contributed by atoms with E-state index in [1.165, 1.54) is 18.2 Å². The van der Waals surface area contributed by atoms with Crippen LogP contribution in [-0.4, -0.2) is 9.55 Å². The van der Waals surface area contributed by atoms with Gasteiger partial charge in [-0.25, -0.2) is 9.37 Å². The van der Waals surface area contributed by atoms with Gasteiger partial charge < -0.3 is 4.57 Å². The van der Waals surface area contributed by atoms with Crippen LogP contribution in [0.1, 0.15) is 18.3 Å². The number of fused-ring (bicyclic) bond motifs is 1. The van der Waals surface area contributed by atoms with Gasteiger partial charge in [-0.15, -0.1) is 0 Å². The Hall–Kier alpha value is -2.64. The predicted molar refractivity (Wildman–Crippen MR) is 90.3 cm³/mol.